The summed E-state index contributed by atoms with van der Waals surface area (Å²) in [5.41, 5.74) is 3.79. The maximum Gasteiger partial charge on any atom is -0.0233 e. The van der Waals surface area contributed by atoms with E-state index in [4.69, 9.17) is 0 Å². The van der Waals surface area contributed by atoms with Gasteiger partial charge in [0, 0.05) is 0 Å². The van der Waals surface area contributed by atoms with Gasteiger partial charge >= 0.3 is 0 Å². The summed E-state index contributed by atoms with van der Waals surface area (Å²) in [5.74, 6) is 0. The molecule has 0 aliphatic carbocycles. The van der Waals surface area contributed by atoms with Gasteiger partial charge < -0.3 is 0 Å². The van der Waals surface area contributed by atoms with Gasteiger partial charge in [-0.1, -0.05) is 86.3 Å². The molecule has 0 aromatic heterocycles. The highest BCUT2D eigenvalue weighted by molar-refractivity contribution is 5.51. The van der Waals surface area contributed by atoms with Crippen molar-refractivity contribution in [1.82, 2.24) is 0 Å². The molecule has 0 amide bonds. The first-order valence-electron chi connectivity index (χ1n) is 6.67. The smallest absolute Gasteiger partial charge is 0.0233 e. The molecule has 0 saturated heterocycles. The van der Waals surface area contributed by atoms with E-state index < -0.39 is 0 Å². The molecular formula is C19H22. The summed E-state index contributed by atoms with van der Waals surface area (Å²) in [6.45, 7) is 7.91. The Hall–Kier alpha value is -2.08. The maximum atomic E-state index is 3.69. The SMILES string of the molecule is C=Cc1ccccc1C.CCC=Cc1ccccc1. The van der Waals surface area contributed by atoms with E-state index in [2.05, 4.69) is 69.0 Å². The van der Waals surface area contributed by atoms with E-state index in [1.165, 1.54) is 16.7 Å². The highest BCUT2D eigenvalue weighted by atomic mass is 13.9. The van der Waals surface area contributed by atoms with Gasteiger partial charge in [0.15, 0.2) is 0 Å². The predicted molar refractivity (Wildman–Crippen MR) is 87.0 cm³/mol. The van der Waals surface area contributed by atoms with Crippen LogP contribution in [0, 0.1) is 6.92 Å². The molecule has 0 atom stereocenters. The van der Waals surface area contributed by atoms with Crippen LogP contribution in [0.4, 0.5) is 0 Å². The standard InChI is InChI=1S/C10H12.C9H10/c1-2-3-7-10-8-5-4-6-9-10;1-3-9-7-5-4-6-8(9)2/h3-9H,2H2,1H3;3-7H,1H2,2H3. The van der Waals surface area contributed by atoms with E-state index in [1.54, 1.807) is 0 Å². The Bertz CT molecular complexity index is 507. The molecule has 0 bridgehead atoms. The molecule has 0 unspecified atom stereocenters. The van der Waals surface area contributed by atoms with Crippen molar-refractivity contribution in [3.8, 4) is 0 Å². The molecular weight excluding hydrogens is 228 g/mol. The monoisotopic (exact) mass is 250 g/mol. The molecule has 0 N–H and O–H groups in total. The third-order valence-corrected chi connectivity index (χ3v) is 2.75. The largest absolute Gasteiger partial charge is 0.0985 e. The fraction of sp³-hybridized carbons (Fsp3) is 0.158. The number of benzene rings is 2. The first-order chi connectivity index (χ1) is 9.27. The van der Waals surface area contributed by atoms with Crippen LogP contribution in [0.5, 0.6) is 0 Å². The van der Waals surface area contributed by atoms with E-state index in [0.29, 0.717) is 0 Å². The van der Waals surface area contributed by atoms with Crippen molar-refractivity contribution in [2.24, 2.45) is 0 Å². The van der Waals surface area contributed by atoms with E-state index in [-0.39, 0.29) is 0 Å². The number of hydrogen-bond acceptors (Lipinski definition) is 0. The minimum Gasteiger partial charge on any atom is -0.0985 e. The van der Waals surface area contributed by atoms with Crippen molar-refractivity contribution >= 4 is 12.2 Å². The predicted octanol–water partition coefficient (Wildman–Crippen LogP) is 5.75. The summed E-state index contributed by atoms with van der Waals surface area (Å²) < 4.78 is 0. The molecule has 98 valence electrons. The average Bonchev–Trinajstić information content (AvgIpc) is 2.47. The van der Waals surface area contributed by atoms with Gasteiger partial charge in [0.05, 0.1) is 0 Å². The van der Waals surface area contributed by atoms with Gasteiger partial charge in [-0.25, -0.2) is 0 Å². The Morgan fingerprint density at radius 2 is 1.58 bits per heavy atom. The van der Waals surface area contributed by atoms with Crippen LogP contribution in [-0.2, 0) is 0 Å². The van der Waals surface area contributed by atoms with Crippen molar-refractivity contribution in [3.63, 3.8) is 0 Å². The Morgan fingerprint density at radius 3 is 2.11 bits per heavy atom. The summed E-state index contributed by atoms with van der Waals surface area (Å²) >= 11 is 0. The molecule has 0 heteroatoms. The Kier molecular flexibility index (Phi) is 7.04. The quantitative estimate of drug-likeness (QED) is 0.651. The van der Waals surface area contributed by atoms with Gasteiger partial charge in [-0.15, -0.1) is 0 Å². The lowest BCUT2D eigenvalue weighted by Gasteiger charge is -1.95. The van der Waals surface area contributed by atoms with Gasteiger partial charge in [0.2, 0.25) is 0 Å². The highest BCUT2D eigenvalue weighted by Crippen LogP contribution is 2.06. The zero-order valence-electron chi connectivity index (χ0n) is 11.8. The summed E-state index contributed by atoms with van der Waals surface area (Å²) in [5, 5.41) is 0. The van der Waals surface area contributed by atoms with Crippen molar-refractivity contribution in [2.45, 2.75) is 20.3 Å². The third kappa shape index (κ3) is 5.87. The highest BCUT2D eigenvalue weighted by Gasteiger charge is 1.86. The molecule has 0 nitrogen and oxygen atoms in total. The molecule has 2 aromatic carbocycles. The molecule has 0 aliphatic rings. The van der Waals surface area contributed by atoms with Crippen LogP contribution in [0.25, 0.3) is 12.2 Å². The molecule has 0 fully saturated rings. The van der Waals surface area contributed by atoms with Crippen molar-refractivity contribution in [1.29, 1.82) is 0 Å². The van der Waals surface area contributed by atoms with Crippen molar-refractivity contribution in [2.75, 3.05) is 0 Å². The van der Waals surface area contributed by atoms with Gasteiger partial charge in [-0.05, 0) is 30.0 Å². The van der Waals surface area contributed by atoms with E-state index in [0.717, 1.165) is 6.42 Å². The number of rotatable bonds is 3. The first-order valence-corrected chi connectivity index (χ1v) is 6.67. The Morgan fingerprint density at radius 1 is 0.947 bits per heavy atom. The Labute approximate surface area is 117 Å². The second kappa shape index (κ2) is 8.93. The average molecular weight is 250 g/mol. The van der Waals surface area contributed by atoms with Crippen LogP contribution >= 0.6 is 0 Å². The second-order valence-electron chi connectivity index (χ2n) is 4.28. The van der Waals surface area contributed by atoms with Gasteiger partial charge in [0.25, 0.3) is 0 Å². The zero-order valence-corrected chi connectivity index (χ0v) is 11.8. The molecule has 0 heterocycles. The molecule has 2 aromatic rings. The molecule has 0 radical (unpaired) electrons. The fourth-order valence-corrected chi connectivity index (χ4v) is 1.63. The van der Waals surface area contributed by atoms with E-state index in [9.17, 15) is 0 Å². The summed E-state index contributed by atoms with van der Waals surface area (Å²) in [6.07, 6.45) is 7.28. The molecule has 2 rings (SSSR count). The van der Waals surface area contributed by atoms with E-state index >= 15 is 0 Å². The van der Waals surface area contributed by atoms with Crippen LogP contribution < -0.4 is 0 Å². The third-order valence-electron chi connectivity index (χ3n) is 2.75. The van der Waals surface area contributed by atoms with E-state index in [1.807, 2.05) is 24.3 Å². The minimum absolute atomic E-state index is 1.11. The van der Waals surface area contributed by atoms with Gasteiger partial charge in [0.1, 0.15) is 0 Å². The van der Waals surface area contributed by atoms with Crippen LogP contribution in [0.1, 0.15) is 30.0 Å². The van der Waals surface area contributed by atoms with Crippen LogP contribution in [-0.4, -0.2) is 0 Å². The summed E-state index contributed by atoms with van der Waals surface area (Å²) in [6, 6.07) is 18.5. The fourth-order valence-electron chi connectivity index (χ4n) is 1.63. The normalized spacial score (nSPS) is 9.79. The number of aryl methyl sites for hydroxylation is 1. The molecule has 0 aliphatic heterocycles. The van der Waals surface area contributed by atoms with Crippen molar-refractivity contribution in [3.05, 3.63) is 83.9 Å². The summed E-state index contributed by atoms with van der Waals surface area (Å²) in [4.78, 5) is 0. The minimum atomic E-state index is 1.11. The van der Waals surface area contributed by atoms with Crippen LogP contribution in [0.15, 0.2) is 67.3 Å². The van der Waals surface area contributed by atoms with Crippen molar-refractivity contribution < 1.29 is 0 Å². The lowest BCUT2D eigenvalue weighted by atomic mass is 10.1. The van der Waals surface area contributed by atoms with Crippen LogP contribution in [0.3, 0.4) is 0 Å². The van der Waals surface area contributed by atoms with Gasteiger partial charge in [-0.3, -0.25) is 0 Å². The number of allylic oxidation sites excluding steroid dienone is 1. The topological polar surface area (TPSA) is 0 Å². The van der Waals surface area contributed by atoms with Crippen LogP contribution in [0.2, 0.25) is 0 Å². The molecule has 0 spiro atoms. The Balaban J connectivity index is 0.000000191. The lowest BCUT2D eigenvalue weighted by Crippen LogP contribution is -1.75. The summed E-state index contributed by atoms with van der Waals surface area (Å²) in [7, 11) is 0. The molecule has 19 heavy (non-hydrogen) atoms. The lowest BCUT2D eigenvalue weighted by molar-refractivity contribution is 1.23. The number of hydrogen-bond donors (Lipinski definition) is 0. The molecule has 0 saturated carbocycles. The first kappa shape index (κ1) is 15.0. The maximum absolute atomic E-state index is 3.69. The van der Waals surface area contributed by atoms with Gasteiger partial charge in [-0.2, -0.15) is 0 Å². The second-order valence-corrected chi connectivity index (χ2v) is 4.28. The zero-order chi connectivity index (χ0) is 13.9.